The van der Waals surface area contributed by atoms with Crippen molar-refractivity contribution in [2.24, 2.45) is 7.05 Å². The van der Waals surface area contributed by atoms with Crippen molar-refractivity contribution < 1.29 is 23.4 Å². The van der Waals surface area contributed by atoms with Gasteiger partial charge in [-0.15, -0.1) is 0 Å². The van der Waals surface area contributed by atoms with Crippen LogP contribution in [0.5, 0.6) is 5.75 Å². The van der Waals surface area contributed by atoms with Gasteiger partial charge in [-0.05, 0) is 0 Å². The second-order valence-electron chi connectivity index (χ2n) is 3.07. The molecule has 0 aromatic carbocycles. The molecule has 0 aliphatic rings. The van der Waals surface area contributed by atoms with Gasteiger partial charge in [0.2, 0.25) is 5.43 Å². The number of aromatic hydroxyl groups is 1. The van der Waals surface area contributed by atoms with Crippen molar-refractivity contribution in [2.75, 3.05) is 0 Å². The summed E-state index contributed by atoms with van der Waals surface area (Å²) in [5.41, 5.74) is -2.06. The van der Waals surface area contributed by atoms with Crippen molar-refractivity contribution in [2.45, 2.75) is 12.3 Å². The van der Waals surface area contributed by atoms with Crippen LogP contribution >= 0.6 is 11.6 Å². The minimum atomic E-state index is -4.99. The molecule has 0 bridgehead atoms. The van der Waals surface area contributed by atoms with Gasteiger partial charge in [0.1, 0.15) is 10.8 Å². The van der Waals surface area contributed by atoms with Crippen molar-refractivity contribution in [3.05, 3.63) is 27.1 Å². The molecule has 0 amide bonds. The molecule has 1 rings (SSSR count). The molecule has 1 heterocycles. The first-order chi connectivity index (χ1) is 7.16. The van der Waals surface area contributed by atoms with Gasteiger partial charge >= 0.3 is 6.18 Å². The number of aliphatic hydroxyl groups excluding tert-OH is 1. The number of hydrogen-bond donors (Lipinski definition) is 2. The van der Waals surface area contributed by atoms with E-state index >= 15 is 0 Å². The zero-order valence-electron chi connectivity index (χ0n) is 7.92. The van der Waals surface area contributed by atoms with E-state index in [1.54, 1.807) is 0 Å². The van der Waals surface area contributed by atoms with Gasteiger partial charge in [0.25, 0.3) is 0 Å². The van der Waals surface area contributed by atoms with Crippen LogP contribution in [0.3, 0.4) is 0 Å². The van der Waals surface area contributed by atoms with Gasteiger partial charge in [-0.1, -0.05) is 11.6 Å². The molecule has 0 spiro atoms. The van der Waals surface area contributed by atoms with E-state index in [9.17, 15) is 23.1 Å². The van der Waals surface area contributed by atoms with E-state index in [0.29, 0.717) is 4.57 Å². The number of aliphatic hydroxyl groups is 1. The highest BCUT2D eigenvalue weighted by Crippen LogP contribution is 2.35. The van der Waals surface area contributed by atoms with Crippen LogP contribution in [-0.4, -0.2) is 21.0 Å². The van der Waals surface area contributed by atoms with Crippen molar-refractivity contribution in [3.63, 3.8) is 0 Å². The second-order valence-corrected chi connectivity index (χ2v) is 3.46. The number of aromatic nitrogens is 1. The Morgan fingerprint density at radius 3 is 2.44 bits per heavy atom. The van der Waals surface area contributed by atoms with Gasteiger partial charge < -0.3 is 14.8 Å². The Morgan fingerprint density at radius 1 is 1.50 bits per heavy atom. The lowest BCUT2D eigenvalue weighted by Gasteiger charge is -2.19. The minimum Gasteiger partial charge on any atom is -0.503 e. The largest absolute Gasteiger partial charge is 0.503 e. The number of halogens is 4. The highest BCUT2D eigenvalue weighted by molar-refractivity contribution is 6.29. The van der Waals surface area contributed by atoms with Crippen LogP contribution in [-0.2, 0) is 7.05 Å². The molecule has 90 valence electrons. The summed E-state index contributed by atoms with van der Waals surface area (Å²) >= 11 is 5.46. The number of alkyl halides is 3. The Hall–Kier alpha value is -1.21. The number of hydrogen-bond acceptors (Lipinski definition) is 3. The molecule has 1 atom stereocenters. The zero-order valence-corrected chi connectivity index (χ0v) is 8.67. The molecular formula is C8H7ClF3NO3. The molecule has 1 aromatic rings. The number of rotatable bonds is 1. The Morgan fingerprint density at radius 2 is 2.00 bits per heavy atom. The van der Waals surface area contributed by atoms with E-state index in [1.807, 2.05) is 0 Å². The summed E-state index contributed by atoms with van der Waals surface area (Å²) in [4.78, 5) is 11.0. The van der Waals surface area contributed by atoms with Gasteiger partial charge in [-0.2, -0.15) is 13.2 Å². The fourth-order valence-corrected chi connectivity index (χ4v) is 1.33. The Labute approximate surface area is 92.5 Å². The summed E-state index contributed by atoms with van der Waals surface area (Å²) < 4.78 is 37.4. The first kappa shape index (κ1) is 12.9. The quantitative estimate of drug-likeness (QED) is 0.747. The fourth-order valence-electron chi connectivity index (χ4n) is 1.14. The average Bonchev–Trinajstić information content (AvgIpc) is 2.13. The van der Waals surface area contributed by atoms with Crippen molar-refractivity contribution in [3.8, 4) is 5.75 Å². The Balaban J connectivity index is 3.50. The predicted molar refractivity (Wildman–Crippen MR) is 49.4 cm³/mol. The molecule has 1 unspecified atom stereocenters. The van der Waals surface area contributed by atoms with Gasteiger partial charge in [0.05, 0.1) is 0 Å². The van der Waals surface area contributed by atoms with E-state index in [-0.39, 0.29) is 5.15 Å². The normalized spacial score (nSPS) is 13.9. The molecule has 0 aliphatic carbocycles. The summed E-state index contributed by atoms with van der Waals surface area (Å²) in [6.45, 7) is 0. The van der Waals surface area contributed by atoms with E-state index in [0.717, 1.165) is 13.1 Å². The van der Waals surface area contributed by atoms with E-state index in [4.69, 9.17) is 16.7 Å². The zero-order chi connectivity index (χ0) is 12.7. The lowest BCUT2D eigenvalue weighted by Crippen LogP contribution is -2.25. The summed E-state index contributed by atoms with van der Waals surface area (Å²) in [5.74, 6) is -1.17. The fraction of sp³-hybridized carbons (Fsp3) is 0.375. The summed E-state index contributed by atoms with van der Waals surface area (Å²) in [6.07, 6.45) is -7.96. The predicted octanol–water partition coefficient (Wildman–Crippen LogP) is 1.34. The van der Waals surface area contributed by atoms with Crippen molar-refractivity contribution in [1.82, 2.24) is 4.57 Å². The first-order valence-electron chi connectivity index (χ1n) is 3.99. The molecule has 16 heavy (non-hydrogen) atoms. The molecule has 0 fully saturated rings. The monoisotopic (exact) mass is 257 g/mol. The smallest absolute Gasteiger partial charge is 0.420 e. The molecule has 2 N–H and O–H groups in total. The van der Waals surface area contributed by atoms with Gasteiger partial charge in [0.15, 0.2) is 11.9 Å². The average molecular weight is 258 g/mol. The maximum absolute atomic E-state index is 12.2. The van der Waals surface area contributed by atoms with Crippen LogP contribution < -0.4 is 5.43 Å². The summed E-state index contributed by atoms with van der Waals surface area (Å²) in [6, 6.07) is 0.753. The lowest BCUT2D eigenvalue weighted by molar-refractivity contribution is -0.209. The highest BCUT2D eigenvalue weighted by atomic mass is 35.5. The SMILES string of the molecule is Cn1c(Cl)cc(=O)c(O)c1C(O)C(F)(F)F. The molecule has 4 nitrogen and oxygen atoms in total. The third kappa shape index (κ3) is 2.14. The standard InChI is InChI=1S/C8H7ClF3NO3/c1-13-4(9)2-3(14)6(15)5(13)7(16)8(10,11)12/h2,7,15-16H,1H3. The highest BCUT2D eigenvalue weighted by Gasteiger charge is 2.42. The van der Waals surface area contributed by atoms with Gasteiger partial charge in [-0.25, -0.2) is 0 Å². The topological polar surface area (TPSA) is 62.5 Å². The molecule has 8 heteroatoms. The lowest BCUT2D eigenvalue weighted by atomic mass is 10.2. The van der Waals surface area contributed by atoms with Crippen LogP contribution in [0, 0.1) is 0 Å². The molecule has 0 saturated carbocycles. The Kier molecular flexibility index (Phi) is 3.20. The van der Waals surface area contributed by atoms with Gasteiger partial charge in [-0.3, -0.25) is 4.79 Å². The molecule has 0 aliphatic heterocycles. The maximum Gasteiger partial charge on any atom is 0.420 e. The van der Waals surface area contributed by atoms with E-state index in [2.05, 4.69) is 0 Å². The van der Waals surface area contributed by atoms with E-state index < -0.39 is 29.2 Å². The summed E-state index contributed by atoms with van der Waals surface area (Å²) in [5, 5.41) is 17.8. The van der Waals surface area contributed by atoms with Gasteiger partial charge in [0, 0.05) is 13.1 Å². The van der Waals surface area contributed by atoms with Crippen molar-refractivity contribution >= 4 is 11.6 Å². The number of nitrogens with zero attached hydrogens (tertiary/aromatic N) is 1. The third-order valence-corrected chi connectivity index (χ3v) is 2.34. The molecule has 0 saturated heterocycles. The van der Waals surface area contributed by atoms with Crippen LogP contribution in [0.15, 0.2) is 10.9 Å². The molecular weight excluding hydrogens is 251 g/mol. The van der Waals surface area contributed by atoms with Crippen LogP contribution in [0.4, 0.5) is 13.2 Å². The van der Waals surface area contributed by atoms with Crippen LogP contribution in [0.2, 0.25) is 5.15 Å². The third-order valence-electron chi connectivity index (χ3n) is 1.98. The second kappa shape index (κ2) is 3.99. The molecule has 0 radical (unpaired) electrons. The van der Waals surface area contributed by atoms with Crippen molar-refractivity contribution in [1.29, 1.82) is 0 Å². The Bertz CT molecular complexity index is 469. The van der Waals surface area contributed by atoms with Crippen LogP contribution in [0.1, 0.15) is 11.8 Å². The van der Waals surface area contributed by atoms with E-state index in [1.165, 1.54) is 0 Å². The summed E-state index contributed by atoms with van der Waals surface area (Å²) in [7, 11) is 1.09. The molecule has 1 aromatic heterocycles. The minimum absolute atomic E-state index is 0.318. The number of pyridine rings is 1. The van der Waals surface area contributed by atoms with Crippen LogP contribution in [0.25, 0.3) is 0 Å². The first-order valence-corrected chi connectivity index (χ1v) is 4.37. The maximum atomic E-state index is 12.2.